The number of benzene rings is 1. The average molecular weight is 494 g/mol. The van der Waals surface area contributed by atoms with Crippen LogP contribution in [0.4, 0.5) is 4.39 Å². The molecule has 0 spiro atoms. The number of cyclic esters (lactones) is 1. The molecule has 0 saturated heterocycles. The van der Waals surface area contributed by atoms with E-state index in [2.05, 4.69) is 31.5 Å². The van der Waals surface area contributed by atoms with Gasteiger partial charge in [0.15, 0.2) is 12.4 Å². The van der Waals surface area contributed by atoms with Gasteiger partial charge in [-0.3, -0.25) is 0 Å². The molecule has 192 valence electrons. The number of fused-ring (bicyclic) bond motifs is 4. The predicted octanol–water partition coefficient (Wildman–Crippen LogP) is 6.29. The van der Waals surface area contributed by atoms with Gasteiger partial charge in [0.05, 0.1) is 11.0 Å². The van der Waals surface area contributed by atoms with Crippen molar-refractivity contribution in [2.24, 2.45) is 0 Å². The van der Waals surface area contributed by atoms with Crippen molar-refractivity contribution in [1.29, 1.82) is 0 Å². The minimum absolute atomic E-state index is 0.268. The summed E-state index contributed by atoms with van der Waals surface area (Å²) in [6.45, 7) is 18.4. The van der Waals surface area contributed by atoms with Gasteiger partial charge in [0.1, 0.15) is 17.2 Å². The number of esters is 1. The molecule has 2 aliphatic heterocycles. The zero-order valence-electron chi connectivity index (χ0n) is 23.1. The number of pyridine rings is 1. The third kappa shape index (κ3) is 3.73. The number of carbonyl (C=O) groups excluding carboxylic acids is 1. The highest BCUT2D eigenvalue weighted by molar-refractivity contribution is 5.86. The van der Waals surface area contributed by atoms with Crippen LogP contribution in [0.2, 0.25) is 0 Å². The second-order valence-electron chi connectivity index (χ2n) is 9.09. The predicted molar refractivity (Wildman–Crippen MR) is 139 cm³/mol. The number of aryl methyl sites for hydroxylation is 2. The molecule has 1 aromatic carbocycles. The van der Waals surface area contributed by atoms with Gasteiger partial charge in [0, 0.05) is 18.6 Å². The first-order valence-corrected chi connectivity index (χ1v) is 13.2. The maximum atomic E-state index is 14.6. The Labute approximate surface area is 215 Å². The lowest BCUT2D eigenvalue weighted by Gasteiger charge is -2.47. The highest BCUT2D eigenvalue weighted by atomic mass is 19.1. The molecule has 4 heterocycles. The van der Waals surface area contributed by atoms with Gasteiger partial charge in [0.25, 0.3) is 11.2 Å². The number of nitrogens with zero attached hydrogens (tertiary/aromatic N) is 3. The molecular formula is C30H40FN3O2+2. The monoisotopic (exact) mass is 493 g/mol. The average Bonchev–Trinajstić information content (AvgIpc) is 3.23. The van der Waals surface area contributed by atoms with Gasteiger partial charge in [-0.25, -0.2) is 14.2 Å². The topological polar surface area (TPSA) is 47.0 Å². The highest BCUT2D eigenvalue weighted by Gasteiger charge is 2.71. The molecule has 0 radical (unpaired) electrons. The first-order chi connectivity index (χ1) is 17.3. The molecule has 2 aliphatic rings. The fourth-order valence-corrected chi connectivity index (χ4v) is 6.09. The third-order valence-corrected chi connectivity index (χ3v) is 7.69. The Balaban J connectivity index is 0.000000861. The fraction of sp³-hybridized carbons (Fsp3) is 0.467. The molecule has 0 N–H and O–H groups in total. The van der Waals surface area contributed by atoms with E-state index < -0.39 is 17.2 Å². The van der Waals surface area contributed by atoms with Gasteiger partial charge in [-0.2, -0.15) is 4.57 Å². The molecule has 0 fully saturated rings. The van der Waals surface area contributed by atoms with E-state index in [9.17, 15) is 9.18 Å². The highest BCUT2D eigenvalue weighted by Crippen LogP contribution is 2.54. The summed E-state index contributed by atoms with van der Waals surface area (Å²) in [5.74, 6) is -0.604. The molecule has 6 heteroatoms. The van der Waals surface area contributed by atoms with E-state index in [1.165, 1.54) is 6.07 Å². The molecular weight excluding hydrogens is 453 g/mol. The number of rotatable bonds is 3. The summed E-state index contributed by atoms with van der Waals surface area (Å²) in [7, 11) is 0. The van der Waals surface area contributed by atoms with E-state index in [0.29, 0.717) is 12.1 Å². The summed E-state index contributed by atoms with van der Waals surface area (Å²) in [5, 5.41) is 0. The molecule has 3 atom stereocenters. The molecule has 0 amide bonds. The Morgan fingerprint density at radius 3 is 2.39 bits per heavy atom. The first kappa shape index (κ1) is 27.4. The zero-order valence-corrected chi connectivity index (χ0v) is 23.1. The fourth-order valence-electron chi connectivity index (χ4n) is 6.09. The van der Waals surface area contributed by atoms with E-state index in [1.54, 1.807) is 12.1 Å². The second-order valence-corrected chi connectivity index (χ2v) is 9.09. The van der Waals surface area contributed by atoms with Crippen LogP contribution in [-0.2, 0) is 15.7 Å². The summed E-state index contributed by atoms with van der Waals surface area (Å²) in [5.41, 5.74) is 3.92. The van der Waals surface area contributed by atoms with E-state index in [-0.39, 0.29) is 11.8 Å². The summed E-state index contributed by atoms with van der Waals surface area (Å²) < 4.78 is 25.0. The maximum Gasteiger partial charge on any atom is 0.409 e. The van der Waals surface area contributed by atoms with Crippen molar-refractivity contribution >= 4 is 5.97 Å². The molecule has 0 saturated carbocycles. The number of halogens is 1. The van der Waals surface area contributed by atoms with Crippen molar-refractivity contribution < 1.29 is 23.1 Å². The Morgan fingerprint density at radius 2 is 1.75 bits per heavy atom. The van der Waals surface area contributed by atoms with Crippen molar-refractivity contribution in [3.05, 3.63) is 77.3 Å². The summed E-state index contributed by atoms with van der Waals surface area (Å²) >= 11 is 0. The number of hydrogen-bond donors (Lipinski definition) is 0. The second kappa shape index (κ2) is 10.5. The lowest BCUT2D eigenvalue weighted by Crippen LogP contribution is -2.75. The SMILES string of the molecule is CC.CC.CCC1(C)c2cc(F)ccc2-c2c(C)nc(C)c[n+]2[C@@]1(CC)[C@H]1OC(=O)c2cccc[n+]21. The van der Waals surface area contributed by atoms with E-state index in [4.69, 9.17) is 9.72 Å². The lowest BCUT2D eigenvalue weighted by atomic mass is 9.58. The standard InChI is InChI=1S/C26H28FN3O2.2C2H6/c1-6-25(5)20-14-18(27)11-12-19(20)22-17(4)28-16(3)15-30(22)26(25,7-2)24-29-13-9-8-10-21(29)23(31)32-24;2*1-2/h8-15,24H,6-7H2,1-5H3;2*1-2H3/q+2;;/t24-,25?,26+;;/m1../s1. The van der Waals surface area contributed by atoms with Crippen LogP contribution in [0, 0.1) is 19.7 Å². The van der Waals surface area contributed by atoms with Gasteiger partial charge in [-0.1, -0.05) is 41.5 Å². The maximum absolute atomic E-state index is 14.6. The summed E-state index contributed by atoms with van der Waals surface area (Å²) in [6.07, 6.45) is 4.79. The molecule has 0 aliphatic carbocycles. The molecule has 2 aromatic heterocycles. The minimum Gasteiger partial charge on any atom is -0.388 e. The number of carbonyl (C=O) groups is 1. The van der Waals surface area contributed by atoms with Crippen molar-refractivity contribution in [2.75, 3.05) is 0 Å². The van der Waals surface area contributed by atoms with E-state index in [0.717, 1.165) is 34.6 Å². The number of ether oxygens (including phenoxy) is 1. The van der Waals surface area contributed by atoms with Crippen molar-refractivity contribution in [3.8, 4) is 11.3 Å². The van der Waals surface area contributed by atoms with Crippen molar-refractivity contribution in [2.45, 2.75) is 92.3 Å². The van der Waals surface area contributed by atoms with Gasteiger partial charge >= 0.3 is 12.2 Å². The molecule has 36 heavy (non-hydrogen) atoms. The van der Waals surface area contributed by atoms with Crippen LogP contribution in [0.15, 0.2) is 48.8 Å². The molecule has 3 aromatic rings. The van der Waals surface area contributed by atoms with Gasteiger partial charge in [-0.05, 0) is 57.0 Å². The molecule has 5 nitrogen and oxygen atoms in total. The lowest BCUT2D eigenvalue weighted by molar-refractivity contribution is -0.868. The van der Waals surface area contributed by atoms with Crippen LogP contribution >= 0.6 is 0 Å². The van der Waals surface area contributed by atoms with E-state index in [1.807, 2.05) is 70.5 Å². The summed E-state index contributed by atoms with van der Waals surface area (Å²) in [4.78, 5) is 17.6. The Hall–Kier alpha value is -3.15. The molecule has 1 unspecified atom stereocenters. The third-order valence-electron chi connectivity index (χ3n) is 7.69. The van der Waals surface area contributed by atoms with Crippen LogP contribution < -0.4 is 9.13 Å². The normalized spacial score (nSPS) is 23.2. The Bertz CT molecular complexity index is 1280. The van der Waals surface area contributed by atoms with Crippen LogP contribution in [0.25, 0.3) is 11.3 Å². The quantitative estimate of drug-likeness (QED) is 0.318. The smallest absolute Gasteiger partial charge is 0.388 e. The largest absolute Gasteiger partial charge is 0.409 e. The number of aromatic nitrogens is 3. The van der Waals surface area contributed by atoms with Crippen molar-refractivity contribution in [3.63, 3.8) is 0 Å². The van der Waals surface area contributed by atoms with E-state index >= 15 is 0 Å². The van der Waals surface area contributed by atoms with Crippen molar-refractivity contribution in [1.82, 2.24) is 4.98 Å². The first-order valence-electron chi connectivity index (χ1n) is 13.2. The minimum atomic E-state index is -0.691. The Morgan fingerprint density at radius 1 is 1.06 bits per heavy atom. The van der Waals surface area contributed by atoms with Crippen LogP contribution in [-0.4, -0.2) is 11.0 Å². The van der Waals surface area contributed by atoms with Gasteiger partial charge in [0.2, 0.25) is 5.69 Å². The van der Waals surface area contributed by atoms with Crippen LogP contribution in [0.5, 0.6) is 0 Å². The molecule has 0 bridgehead atoms. The van der Waals surface area contributed by atoms with Gasteiger partial charge < -0.3 is 4.74 Å². The van der Waals surface area contributed by atoms with Gasteiger partial charge in [-0.15, -0.1) is 4.57 Å². The zero-order chi connectivity index (χ0) is 26.8. The summed E-state index contributed by atoms with van der Waals surface area (Å²) in [6, 6.07) is 10.6. The van der Waals surface area contributed by atoms with Crippen LogP contribution in [0.3, 0.4) is 0 Å². The Kier molecular flexibility index (Phi) is 7.97. The van der Waals surface area contributed by atoms with Crippen LogP contribution in [0.1, 0.15) is 95.0 Å². The molecule has 5 rings (SSSR count). The number of hydrogen-bond acceptors (Lipinski definition) is 3.